The van der Waals surface area contributed by atoms with Gasteiger partial charge in [-0.1, -0.05) is 0 Å². The van der Waals surface area contributed by atoms with Gasteiger partial charge in [0, 0.05) is 18.7 Å². The Morgan fingerprint density at radius 2 is 1.82 bits per heavy atom. The van der Waals surface area contributed by atoms with Crippen LogP contribution >= 0.6 is 0 Å². The van der Waals surface area contributed by atoms with Crippen LogP contribution in [0, 0.1) is 0 Å². The summed E-state index contributed by atoms with van der Waals surface area (Å²) in [6.45, 7) is -0.163. The fourth-order valence-electron chi connectivity index (χ4n) is 2.12. The van der Waals surface area contributed by atoms with E-state index in [9.17, 15) is 19.2 Å². The molecule has 148 valence electrons. The number of esters is 2. The number of benzene rings is 1. The average Bonchev–Trinajstić information content (AvgIpc) is 3.24. The Labute approximate surface area is 161 Å². The lowest BCUT2D eigenvalue weighted by Gasteiger charge is -2.07. The van der Waals surface area contributed by atoms with Crippen molar-refractivity contribution in [1.82, 2.24) is 5.32 Å². The largest absolute Gasteiger partial charge is 0.469 e. The van der Waals surface area contributed by atoms with E-state index in [-0.39, 0.29) is 30.3 Å². The third kappa shape index (κ3) is 6.60. The van der Waals surface area contributed by atoms with Crippen LogP contribution in [0.3, 0.4) is 0 Å². The molecule has 0 aliphatic rings. The Balaban J connectivity index is 1.73. The van der Waals surface area contributed by atoms with Gasteiger partial charge in [0.1, 0.15) is 0 Å². The molecule has 1 aromatic heterocycles. The summed E-state index contributed by atoms with van der Waals surface area (Å²) in [5.74, 6) is -1.75. The van der Waals surface area contributed by atoms with Gasteiger partial charge in [0.05, 0.1) is 18.9 Å². The second-order valence-electron chi connectivity index (χ2n) is 5.61. The molecule has 0 aliphatic carbocycles. The van der Waals surface area contributed by atoms with Crippen LogP contribution in [0.4, 0.5) is 5.69 Å². The molecule has 2 aromatic rings. The van der Waals surface area contributed by atoms with Crippen LogP contribution in [0.1, 0.15) is 33.8 Å². The maximum absolute atomic E-state index is 12.0. The Morgan fingerprint density at radius 3 is 2.46 bits per heavy atom. The predicted molar refractivity (Wildman–Crippen MR) is 97.6 cm³/mol. The maximum atomic E-state index is 12.0. The van der Waals surface area contributed by atoms with Crippen molar-refractivity contribution >= 4 is 29.4 Å². The van der Waals surface area contributed by atoms with Crippen LogP contribution in [0.5, 0.6) is 0 Å². The van der Waals surface area contributed by atoms with Crippen LogP contribution in [-0.2, 0) is 19.1 Å². The summed E-state index contributed by atoms with van der Waals surface area (Å²) in [5, 5.41) is 5.15. The van der Waals surface area contributed by atoms with Gasteiger partial charge in [-0.05, 0) is 42.8 Å². The molecule has 0 fully saturated rings. The minimum absolute atomic E-state index is 0.168. The molecular weight excluding hydrogens is 368 g/mol. The van der Waals surface area contributed by atoms with Crippen molar-refractivity contribution in [3.05, 3.63) is 54.0 Å². The molecule has 9 nitrogen and oxygen atoms in total. The van der Waals surface area contributed by atoms with E-state index >= 15 is 0 Å². The molecule has 0 unspecified atom stereocenters. The quantitative estimate of drug-likeness (QED) is 0.495. The van der Waals surface area contributed by atoms with Gasteiger partial charge >= 0.3 is 11.9 Å². The number of methoxy groups -OCH3 is 1. The Hall–Kier alpha value is -3.62. The Bertz CT molecular complexity index is 813. The van der Waals surface area contributed by atoms with Crippen molar-refractivity contribution in [2.75, 3.05) is 25.6 Å². The fraction of sp³-hybridized carbons (Fsp3) is 0.263. The van der Waals surface area contributed by atoms with Gasteiger partial charge < -0.3 is 24.5 Å². The van der Waals surface area contributed by atoms with Crippen LogP contribution in [0.2, 0.25) is 0 Å². The lowest BCUT2D eigenvalue weighted by molar-refractivity contribution is -0.140. The molecule has 0 atom stereocenters. The van der Waals surface area contributed by atoms with Crippen LogP contribution in [0.15, 0.2) is 47.1 Å². The average molecular weight is 388 g/mol. The van der Waals surface area contributed by atoms with Gasteiger partial charge in [-0.15, -0.1) is 0 Å². The highest BCUT2D eigenvalue weighted by atomic mass is 16.5. The number of nitrogens with one attached hydrogen (secondary N) is 2. The second kappa shape index (κ2) is 10.5. The number of ether oxygens (including phenoxy) is 2. The zero-order chi connectivity index (χ0) is 20.4. The van der Waals surface area contributed by atoms with E-state index in [0.717, 1.165) is 0 Å². The van der Waals surface area contributed by atoms with Crippen molar-refractivity contribution < 1.29 is 33.1 Å². The molecule has 0 aliphatic heterocycles. The van der Waals surface area contributed by atoms with Crippen molar-refractivity contribution in [3.8, 4) is 0 Å². The number of carbonyl (C=O) groups is 4. The van der Waals surface area contributed by atoms with Crippen LogP contribution in [0.25, 0.3) is 0 Å². The summed E-state index contributed by atoms with van der Waals surface area (Å²) >= 11 is 0. The first kappa shape index (κ1) is 20.7. The second-order valence-corrected chi connectivity index (χ2v) is 5.61. The molecule has 28 heavy (non-hydrogen) atoms. The minimum Gasteiger partial charge on any atom is -0.469 e. The number of hydrogen-bond acceptors (Lipinski definition) is 7. The first-order valence-corrected chi connectivity index (χ1v) is 8.45. The van der Waals surface area contributed by atoms with Gasteiger partial charge in [-0.25, -0.2) is 4.79 Å². The lowest BCUT2D eigenvalue weighted by atomic mass is 10.2. The van der Waals surface area contributed by atoms with Crippen molar-refractivity contribution in [2.24, 2.45) is 0 Å². The van der Waals surface area contributed by atoms with Crippen molar-refractivity contribution in [3.63, 3.8) is 0 Å². The Morgan fingerprint density at radius 1 is 1.07 bits per heavy atom. The van der Waals surface area contributed by atoms with Gasteiger partial charge in [0.2, 0.25) is 0 Å². The molecule has 2 N–H and O–H groups in total. The monoisotopic (exact) mass is 388 g/mol. The number of amides is 2. The van der Waals surface area contributed by atoms with Crippen LogP contribution in [-0.4, -0.2) is 44.0 Å². The Kier molecular flexibility index (Phi) is 7.77. The first-order chi connectivity index (χ1) is 13.5. The number of hydrogen-bond donors (Lipinski definition) is 2. The SMILES string of the molecule is COC(=O)CCCNC(=O)COC(=O)c1ccc(NC(=O)c2ccco2)cc1. The summed E-state index contributed by atoms with van der Waals surface area (Å²) in [7, 11) is 1.29. The van der Waals surface area contributed by atoms with Crippen molar-refractivity contribution in [1.29, 1.82) is 0 Å². The molecule has 1 heterocycles. The predicted octanol–water partition coefficient (Wildman–Crippen LogP) is 1.76. The molecule has 0 spiro atoms. The molecule has 1 aromatic carbocycles. The van der Waals surface area contributed by atoms with E-state index in [2.05, 4.69) is 15.4 Å². The normalized spacial score (nSPS) is 10.0. The van der Waals surface area contributed by atoms with E-state index in [4.69, 9.17) is 9.15 Å². The summed E-state index contributed by atoms with van der Waals surface area (Å²) in [6, 6.07) is 9.13. The highest BCUT2D eigenvalue weighted by Crippen LogP contribution is 2.12. The maximum Gasteiger partial charge on any atom is 0.338 e. The molecule has 0 bridgehead atoms. The standard InChI is InChI=1S/C19H20N2O7/c1-26-17(23)5-2-10-20-16(22)12-28-19(25)13-6-8-14(9-7-13)21-18(24)15-4-3-11-27-15/h3-4,6-9,11H,2,5,10,12H2,1H3,(H,20,22)(H,21,24). The fourth-order valence-corrected chi connectivity index (χ4v) is 2.12. The zero-order valence-corrected chi connectivity index (χ0v) is 15.2. The molecule has 0 saturated heterocycles. The summed E-state index contributed by atoms with van der Waals surface area (Å²) in [6.07, 6.45) is 2.01. The van der Waals surface area contributed by atoms with E-state index in [0.29, 0.717) is 12.1 Å². The van der Waals surface area contributed by atoms with Gasteiger partial charge in [0.15, 0.2) is 12.4 Å². The van der Waals surface area contributed by atoms with Crippen molar-refractivity contribution in [2.45, 2.75) is 12.8 Å². The summed E-state index contributed by atoms with van der Waals surface area (Å²) < 4.78 is 14.4. The van der Waals surface area contributed by atoms with E-state index in [1.54, 1.807) is 6.07 Å². The zero-order valence-electron chi connectivity index (χ0n) is 15.2. The molecule has 2 amide bonds. The van der Waals surface area contributed by atoms with E-state index < -0.39 is 24.4 Å². The molecule has 9 heteroatoms. The number of rotatable bonds is 9. The third-order valence-corrected chi connectivity index (χ3v) is 3.57. The molecular formula is C19H20N2O7. The van der Waals surface area contributed by atoms with Gasteiger partial charge in [-0.3, -0.25) is 14.4 Å². The topological polar surface area (TPSA) is 124 Å². The smallest absolute Gasteiger partial charge is 0.338 e. The highest BCUT2D eigenvalue weighted by molar-refractivity contribution is 6.02. The van der Waals surface area contributed by atoms with E-state index in [1.807, 2.05) is 0 Å². The minimum atomic E-state index is -0.673. The van der Waals surface area contributed by atoms with Gasteiger partial charge in [-0.2, -0.15) is 0 Å². The lowest BCUT2D eigenvalue weighted by Crippen LogP contribution is -2.29. The molecule has 0 radical (unpaired) electrons. The molecule has 0 saturated carbocycles. The third-order valence-electron chi connectivity index (χ3n) is 3.57. The summed E-state index contributed by atoms with van der Waals surface area (Å²) in [5.41, 5.74) is 0.704. The number of anilines is 1. The molecule has 2 rings (SSSR count). The number of carbonyl (C=O) groups excluding carboxylic acids is 4. The summed E-state index contributed by atoms with van der Waals surface area (Å²) in [4.78, 5) is 46.4. The van der Waals surface area contributed by atoms with Gasteiger partial charge in [0.25, 0.3) is 11.8 Å². The van der Waals surface area contributed by atoms with E-state index in [1.165, 1.54) is 43.7 Å². The number of furan rings is 1. The first-order valence-electron chi connectivity index (χ1n) is 8.45. The van der Waals surface area contributed by atoms with Crippen LogP contribution < -0.4 is 10.6 Å². The highest BCUT2D eigenvalue weighted by Gasteiger charge is 2.12.